The first kappa shape index (κ1) is 14.5. The maximum absolute atomic E-state index is 5.94. The molecule has 1 aliphatic rings. The van der Waals surface area contributed by atoms with Crippen molar-refractivity contribution in [1.29, 1.82) is 0 Å². The van der Waals surface area contributed by atoms with E-state index in [1.807, 2.05) is 6.92 Å². The number of aromatic nitrogens is 2. The van der Waals surface area contributed by atoms with Crippen LogP contribution in [0.4, 0.5) is 5.95 Å². The third kappa shape index (κ3) is 3.98. The lowest BCUT2D eigenvalue weighted by atomic mass is 9.92. The topological polar surface area (TPSA) is 63.8 Å². The van der Waals surface area contributed by atoms with Crippen LogP contribution in [0.3, 0.4) is 0 Å². The van der Waals surface area contributed by atoms with E-state index in [4.69, 9.17) is 17.3 Å². The summed E-state index contributed by atoms with van der Waals surface area (Å²) in [6.07, 6.45) is 6.03. The number of aryl methyl sites for hydroxylation is 1. The van der Waals surface area contributed by atoms with Crippen LogP contribution in [0, 0.1) is 6.92 Å². The molecule has 1 fully saturated rings. The summed E-state index contributed by atoms with van der Waals surface area (Å²) < 4.78 is 0. The van der Waals surface area contributed by atoms with Crippen molar-refractivity contribution in [3.05, 3.63) is 16.9 Å². The monoisotopic (exact) mass is 276 g/mol. The largest absolute Gasteiger partial charge is 0.351 e. The molecule has 6 heteroatoms. The van der Waals surface area contributed by atoms with E-state index in [2.05, 4.69) is 15.3 Å². The van der Waals surface area contributed by atoms with Gasteiger partial charge < -0.3 is 11.1 Å². The molecule has 0 spiro atoms. The molecular weight excluding hydrogens is 259 g/mol. The van der Waals surface area contributed by atoms with E-state index < -0.39 is 0 Å². The highest BCUT2D eigenvalue weighted by molar-refractivity contribution is 6.30. The van der Waals surface area contributed by atoms with Crippen LogP contribution >= 0.6 is 24.0 Å². The number of nitrogens with one attached hydrogen (secondary N) is 1. The van der Waals surface area contributed by atoms with Crippen LogP contribution in [0.1, 0.15) is 31.2 Å². The SMILES string of the molecule is Cc1cnc(NC2CCC(N)CC2)nc1Cl.Cl. The lowest BCUT2D eigenvalue weighted by Gasteiger charge is -2.26. The van der Waals surface area contributed by atoms with Crippen molar-refractivity contribution in [2.75, 3.05) is 5.32 Å². The summed E-state index contributed by atoms with van der Waals surface area (Å²) in [6, 6.07) is 0.791. The fourth-order valence-electron chi connectivity index (χ4n) is 1.94. The van der Waals surface area contributed by atoms with Gasteiger partial charge in [0.15, 0.2) is 0 Å². The highest BCUT2D eigenvalue weighted by Crippen LogP contribution is 2.20. The van der Waals surface area contributed by atoms with Crippen LogP contribution in [0.5, 0.6) is 0 Å². The van der Waals surface area contributed by atoms with Crippen molar-refractivity contribution in [3.8, 4) is 0 Å². The van der Waals surface area contributed by atoms with Gasteiger partial charge in [-0.1, -0.05) is 11.6 Å². The Morgan fingerprint density at radius 2 is 2.00 bits per heavy atom. The molecule has 1 aromatic heterocycles. The lowest BCUT2D eigenvalue weighted by molar-refractivity contribution is 0.410. The molecule has 0 unspecified atom stereocenters. The van der Waals surface area contributed by atoms with E-state index in [0.29, 0.717) is 23.2 Å². The first-order valence-corrected chi connectivity index (χ1v) is 6.04. The van der Waals surface area contributed by atoms with E-state index in [0.717, 1.165) is 31.2 Å². The zero-order chi connectivity index (χ0) is 11.5. The number of rotatable bonds is 2. The number of nitrogens with zero attached hydrogens (tertiary/aromatic N) is 2. The van der Waals surface area contributed by atoms with Gasteiger partial charge in [0.25, 0.3) is 0 Å². The Hall–Kier alpha value is -0.580. The normalized spacial score (nSPS) is 23.9. The third-order valence-corrected chi connectivity index (χ3v) is 3.40. The minimum absolute atomic E-state index is 0. The standard InChI is InChI=1S/C11H17ClN4.ClH/c1-7-6-14-11(16-10(7)12)15-9-4-2-8(13)3-5-9;/h6,8-9H,2-5,13H2,1H3,(H,14,15,16);1H. The summed E-state index contributed by atoms with van der Waals surface area (Å²) in [5.74, 6) is 0.621. The molecule has 1 heterocycles. The van der Waals surface area contributed by atoms with Crippen molar-refractivity contribution in [3.63, 3.8) is 0 Å². The average molecular weight is 277 g/mol. The maximum Gasteiger partial charge on any atom is 0.224 e. The lowest BCUT2D eigenvalue weighted by Crippen LogP contribution is -2.33. The van der Waals surface area contributed by atoms with Crippen LogP contribution in [0.25, 0.3) is 0 Å². The first-order chi connectivity index (χ1) is 7.65. The van der Waals surface area contributed by atoms with Gasteiger partial charge in [-0.25, -0.2) is 9.97 Å². The Morgan fingerprint density at radius 1 is 1.35 bits per heavy atom. The second-order valence-electron chi connectivity index (χ2n) is 4.42. The second-order valence-corrected chi connectivity index (χ2v) is 4.78. The van der Waals surface area contributed by atoms with Crippen molar-refractivity contribution in [2.24, 2.45) is 5.73 Å². The van der Waals surface area contributed by atoms with Crippen LogP contribution in [0.2, 0.25) is 5.15 Å². The summed E-state index contributed by atoms with van der Waals surface area (Å²) in [4.78, 5) is 8.41. The summed E-state index contributed by atoms with van der Waals surface area (Å²) in [5, 5.41) is 3.83. The van der Waals surface area contributed by atoms with Gasteiger partial charge >= 0.3 is 0 Å². The predicted octanol–water partition coefficient (Wildman–Crippen LogP) is 2.54. The van der Waals surface area contributed by atoms with Crippen LogP contribution in [-0.2, 0) is 0 Å². The molecule has 0 atom stereocenters. The highest BCUT2D eigenvalue weighted by Gasteiger charge is 2.18. The zero-order valence-corrected chi connectivity index (χ0v) is 11.4. The zero-order valence-electron chi connectivity index (χ0n) is 9.82. The smallest absolute Gasteiger partial charge is 0.224 e. The fraction of sp³-hybridized carbons (Fsp3) is 0.636. The molecule has 0 saturated heterocycles. The molecule has 0 radical (unpaired) electrons. The number of anilines is 1. The molecule has 2 rings (SSSR count). The predicted molar refractivity (Wildman–Crippen MR) is 72.9 cm³/mol. The summed E-state index contributed by atoms with van der Waals surface area (Å²) in [6.45, 7) is 1.89. The van der Waals surface area contributed by atoms with Crippen LogP contribution < -0.4 is 11.1 Å². The molecule has 3 N–H and O–H groups in total. The van der Waals surface area contributed by atoms with E-state index in [9.17, 15) is 0 Å². The Labute approximate surface area is 113 Å². The van der Waals surface area contributed by atoms with Gasteiger partial charge in [-0.15, -0.1) is 12.4 Å². The molecule has 1 aliphatic carbocycles. The van der Waals surface area contributed by atoms with E-state index in [1.165, 1.54) is 0 Å². The molecule has 1 aromatic rings. The van der Waals surface area contributed by atoms with E-state index in [1.54, 1.807) is 6.20 Å². The molecule has 1 saturated carbocycles. The van der Waals surface area contributed by atoms with Gasteiger partial charge in [-0.05, 0) is 32.6 Å². The van der Waals surface area contributed by atoms with Crippen molar-refractivity contribution in [2.45, 2.75) is 44.7 Å². The molecule has 0 aliphatic heterocycles. The van der Waals surface area contributed by atoms with Gasteiger partial charge in [-0.2, -0.15) is 0 Å². The number of hydrogen-bond acceptors (Lipinski definition) is 4. The van der Waals surface area contributed by atoms with Gasteiger partial charge in [0.05, 0.1) is 0 Å². The highest BCUT2D eigenvalue weighted by atomic mass is 35.5. The maximum atomic E-state index is 5.94. The van der Waals surface area contributed by atoms with Gasteiger partial charge in [0, 0.05) is 23.8 Å². The Morgan fingerprint density at radius 3 is 2.59 bits per heavy atom. The van der Waals surface area contributed by atoms with E-state index >= 15 is 0 Å². The number of nitrogens with two attached hydrogens (primary N) is 1. The van der Waals surface area contributed by atoms with Crippen molar-refractivity contribution >= 4 is 30.0 Å². The fourth-order valence-corrected chi connectivity index (χ4v) is 2.07. The molecule has 17 heavy (non-hydrogen) atoms. The molecule has 0 amide bonds. The summed E-state index contributed by atoms with van der Waals surface area (Å²) in [5.41, 5.74) is 6.75. The molecule has 96 valence electrons. The Kier molecular flexibility index (Phi) is 5.43. The molecule has 0 bridgehead atoms. The number of hydrogen-bond donors (Lipinski definition) is 2. The average Bonchev–Trinajstić information content (AvgIpc) is 2.27. The summed E-state index contributed by atoms with van der Waals surface area (Å²) >= 11 is 5.94. The van der Waals surface area contributed by atoms with Crippen LogP contribution in [-0.4, -0.2) is 22.1 Å². The number of halogens is 2. The van der Waals surface area contributed by atoms with Crippen LogP contribution in [0.15, 0.2) is 6.20 Å². The minimum atomic E-state index is 0. The molecule has 4 nitrogen and oxygen atoms in total. The Balaban J connectivity index is 0.00000144. The molecular formula is C11H18Cl2N4. The van der Waals surface area contributed by atoms with Crippen molar-refractivity contribution in [1.82, 2.24) is 9.97 Å². The van der Waals surface area contributed by atoms with E-state index in [-0.39, 0.29) is 12.4 Å². The second kappa shape index (κ2) is 6.38. The molecule has 0 aromatic carbocycles. The first-order valence-electron chi connectivity index (χ1n) is 5.66. The minimum Gasteiger partial charge on any atom is -0.351 e. The van der Waals surface area contributed by atoms with Gasteiger partial charge in [0.1, 0.15) is 5.15 Å². The third-order valence-electron chi connectivity index (χ3n) is 3.02. The summed E-state index contributed by atoms with van der Waals surface area (Å²) in [7, 11) is 0. The Bertz CT molecular complexity index is 364. The van der Waals surface area contributed by atoms with Gasteiger partial charge in [0.2, 0.25) is 5.95 Å². The van der Waals surface area contributed by atoms with Gasteiger partial charge in [-0.3, -0.25) is 0 Å². The van der Waals surface area contributed by atoms with Crippen molar-refractivity contribution < 1.29 is 0 Å². The quantitative estimate of drug-likeness (QED) is 0.815.